The van der Waals surface area contributed by atoms with E-state index in [9.17, 15) is 4.79 Å². The van der Waals surface area contributed by atoms with Crippen molar-refractivity contribution in [2.45, 2.75) is 13.5 Å². The van der Waals surface area contributed by atoms with Crippen LogP contribution in [0.5, 0.6) is 0 Å². The number of methoxy groups -OCH3 is 1. The Hall–Kier alpha value is -0.650. The second-order valence-electron chi connectivity index (χ2n) is 2.41. The van der Waals surface area contributed by atoms with Gasteiger partial charge in [0.25, 0.3) is 0 Å². The summed E-state index contributed by atoms with van der Waals surface area (Å²) in [4.78, 5) is 11.0. The van der Waals surface area contributed by atoms with Gasteiger partial charge in [-0.05, 0) is 6.92 Å². The highest BCUT2D eigenvalue weighted by molar-refractivity contribution is 5.88. The lowest BCUT2D eigenvalue weighted by atomic mass is 10.3. The number of carbonyl (C=O) groups is 1. The number of halogens is 1. The zero-order valence-corrected chi connectivity index (χ0v) is 9.82. The number of carbonyl (C=O) groups excluding carboxylic acids is 1. The SMILES string of the molecule is CC[n+]1ccc(C(=O)OC)cc1.[I-]. The Morgan fingerprint density at radius 2 is 2.00 bits per heavy atom. The first-order valence-corrected chi connectivity index (χ1v) is 3.85. The van der Waals surface area contributed by atoms with Crippen molar-refractivity contribution in [2.75, 3.05) is 7.11 Å². The summed E-state index contributed by atoms with van der Waals surface area (Å²) >= 11 is 0. The molecular weight excluding hydrogens is 281 g/mol. The highest BCUT2D eigenvalue weighted by Crippen LogP contribution is 1.96. The molecule has 0 aromatic carbocycles. The van der Waals surface area contributed by atoms with Crippen molar-refractivity contribution in [1.82, 2.24) is 0 Å². The predicted octanol–water partition coefficient (Wildman–Crippen LogP) is -2.22. The average Bonchev–Trinajstić information content (AvgIpc) is 2.17. The van der Waals surface area contributed by atoms with Gasteiger partial charge in [0.2, 0.25) is 0 Å². The van der Waals surface area contributed by atoms with E-state index in [1.165, 1.54) is 7.11 Å². The maximum atomic E-state index is 11.0. The van der Waals surface area contributed by atoms with Crippen LogP contribution in [0.15, 0.2) is 24.5 Å². The molecule has 0 unspecified atom stereocenters. The number of aromatic nitrogens is 1. The second-order valence-corrected chi connectivity index (χ2v) is 2.41. The topological polar surface area (TPSA) is 30.2 Å². The van der Waals surface area contributed by atoms with E-state index >= 15 is 0 Å². The van der Waals surface area contributed by atoms with Gasteiger partial charge in [-0.3, -0.25) is 0 Å². The van der Waals surface area contributed by atoms with Crippen molar-refractivity contribution < 1.29 is 38.1 Å². The van der Waals surface area contributed by atoms with Crippen molar-refractivity contribution in [1.29, 1.82) is 0 Å². The lowest BCUT2D eigenvalue weighted by Gasteiger charge is -1.96. The maximum absolute atomic E-state index is 11.0. The third-order valence-electron chi connectivity index (χ3n) is 1.68. The largest absolute Gasteiger partial charge is 1.00 e. The summed E-state index contributed by atoms with van der Waals surface area (Å²) < 4.78 is 6.54. The smallest absolute Gasteiger partial charge is 0.338 e. The van der Waals surface area contributed by atoms with Crippen LogP contribution >= 0.6 is 0 Å². The van der Waals surface area contributed by atoms with Gasteiger partial charge in [0.1, 0.15) is 6.54 Å². The van der Waals surface area contributed by atoms with Crippen LogP contribution < -0.4 is 28.5 Å². The monoisotopic (exact) mass is 293 g/mol. The quantitative estimate of drug-likeness (QED) is 0.351. The summed E-state index contributed by atoms with van der Waals surface area (Å²) in [5.74, 6) is -0.293. The summed E-state index contributed by atoms with van der Waals surface area (Å²) in [6, 6.07) is 3.49. The summed E-state index contributed by atoms with van der Waals surface area (Å²) in [6.07, 6.45) is 3.71. The van der Waals surface area contributed by atoms with E-state index in [0.29, 0.717) is 5.56 Å². The third-order valence-corrected chi connectivity index (χ3v) is 1.68. The molecule has 0 aliphatic carbocycles. The summed E-state index contributed by atoms with van der Waals surface area (Å²) in [5, 5.41) is 0. The molecule has 1 rings (SSSR count). The first kappa shape index (κ1) is 12.3. The summed E-state index contributed by atoms with van der Waals surface area (Å²) in [7, 11) is 1.38. The molecule has 0 saturated heterocycles. The Balaban J connectivity index is 0.00000144. The summed E-state index contributed by atoms with van der Waals surface area (Å²) in [5.41, 5.74) is 0.585. The van der Waals surface area contributed by atoms with Crippen molar-refractivity contribution in [3.05, 3.63) is 30.1 Å². The fraction of sp³-hybridized carbons (Fsp3) is 0.333. The minimum Gasteiger partial charge on any atom is -1.00 e. The predicted molar refractivity (Wildman–Crippen MR) is 43.7 cm³/mol. The minimum absolute atomic E-state index is 0. The molecule has 1 aromatic heterocycles. The Bertz CT molecular complexity index is 271. The van der Waals surface area contributed by atoms with E-state index in [-0.39, 0.29) is 29.9 Å². The lowest BCUT2D eigenvalue weighted by Crippen LogP contribution is -3.00. The van der Waals surface area contributed by atoms with Gasteiger partial charge in [0.05, 0.1) is 12.7 Å². The van der Waals surface area contributed by atoms with Crippen molar-refractivity contribution in [2.24, 2.45) is 0 Å². The molecule has 0 radical (unpaired) electrons. The van der Waals surface area contributed by atoms with Crippen LogP contribution in [0.1, 0.15) is 17.3 Å². The van der Waals surface area contributed by atoms with Gasteiger partial charge in [0.15, 0.2) is 12.4 Å². The number of ether oxygens (including phenoxy) is 1. The average molecular weight is 293 g/mol. The van der Waals surface area contributed by atoms with Crippen LogP contribution in [0.25, 0.3) is 0 Å². The third kappa shape index (κ3) is 3.30. The molecule has 4 heteroatoms. The van der Waals surface area contributed by atoms with E-state index in [1.54, 1.807) is 12.1 Å². The van der Waals surface area contributed by atoms with Gasteiger partial charge < -0.3 is 28.7 Å². The number of pyridine rings is 1. The van der Waals surface area contributed by atoms with Crippen molar-refractivity contribution >= 4 is 5.97 Å². The fourth-order valence-corrected chi connectivity index (χ4v) is 0.922. The minimum atomic E-state index is -0.293. The molecule has 0 spiro atoms. The summed E-state index contributed by atoms with van der Waals surface area (Å²) in [6.45, 7) is 2.94. The molecule has 13 heavy (non-hydrogen) atoms. The molecule has 0 bridgehead atoms. The Kier molecular flexibility index (Phi) is 5.61. The Labute approximate surface area is 94.7 Å². The van der Waals surface area contributed by atoms with Crippen molar-refractivity contribution in [3.63, 3.8) is 0 Å². The lowest BCUT2D eigenvalue weighted by molar-refractivity contribution is -0.693. The first-order chi connectivity index (χ1) is 5.77. The van der Waals surface area contributed by atoms with E-state index in [2.05, 4.69) is 4.74 Å². The maximum Gasteiger partial charge on any atom is 0.338 e. The number of esters is 1. The zero-order valence-electron chi connectivity index (χ0n) is 7.66. The zero-order chi connectivity index (χ0) is 8.97. The number of hydrogen-bond acceptors (Lipinski definition) is 2. The van der Waals surface area contributed by atoms with E-state index < -0.39 is 0 Å². The van der Waals surface area contributed by atoms with Crippen LogP contribution in [0.4, 0.5) is 0 Å². The number of rotatable bonds is 2. The first-order valence-electron chi connectivity index (χ1n) is 3.85. The van der Waals surface area contributed by atoms with Crippen LogP contribution in [-0.2, 0) is 11.3 Å². The molecule has 1 aromatic rings. The fourth-order valence-electron chi connectivity index (χ4n) is 0.922. The molecule has 0 aliphatic heterocycles. The molecule has 0 atom stereocenters. The normalized spacial score (nSPS) is 8.77. The molecule has 1 heterocycles. The van der Waals surface area contributed by atoms with Gasteiger partial charge >= 0.3 is 5.97 Å². The molecule has 0 saturated carbocycles. The van der Waals surface area contributed by atoms with E-state index in [4.69, 9.17) is 0 Å². The van der Waals surface area contributed by atoms with Gasteiger partial charge in [0, 0.05) is 12.1 Å². The van der Waals surface area contributed by atoms with Crippen LogP contribution in [0, 0.1) is 0 Å². The van der Waals surface area contributed by atoms with E-state index in [1.807, 2.05) is 23.9 Å². The molecule has 72 valence electrons. The molecule has 0 N–H and O–H groups in total. The number of nitrogens with zero attached hydrogens (tertiary/aromatic N) is 1. The van der Waals surface area contributed by atoms with Gasteiger partial charge in [-0.15, -0.1) is 0 Å². The standard InChI is InChI=1S/C9H12NO2.HI/c1-3-10-6-4-8(5-7-10)9(11)12-2;/h4-7H,3H2,1-2H3;1H/q+1;/p-1. The Morgan fingerprint density at radius 3 is 2.38 bits per heavy atom. The van der Waals surface area contributed by atoms with Gasteiger partial charge in [-0.2, -0.15) is 0 Å². The van der Waals surface area contributed by atoms with Crippen LogP contribution in [-0.4, -0.2) is 13.1 Å². The van der Waals surface area contributed by atoms with Crippen LogP contribution in [0.3, 0.4) is 0 Å². The molecule has 0 aliphatic rings. The van der Waals surface area contributed by atoms with Crippen LogP contribution in [0.2, 0.25) is 0 Å². The van der Waals surface area contributed by atoms with Gasteiger partial charge in [-0.25, -0.2) is 9.36 Å². The van der Waals surface area contributed by atoms with Gasteiger partial charge in [-0.1, -0.05) is 0 Å². The van der Waals surface area contributed by atoms with Crippen molar-refractivity contribution in [3.8, 4) is 0 Å². The molecule has 3 nitrogen and oxygen atoms in total. The second kappa shape index (κ2) is 5.90. The number of aryl methyl sites for hydroxylation is 1. The van der Waals surface area contributed by atoms with E-state index in [0.717, 1.165) is 6.54 Å². The molecule has 0 fully saturated rings. The molecule has 0 amide bonds. The highest BCUT2D eigenvalue weighted by Gasteiger charge is 2.05. The Morgan fingerprint density at radius 1 is 1.46 bits per heavy atom. The highest BCUT2D eigenvalue weighted by atomic mass is 127. The molecular formula is C9H12INO2. The number of hydrogen-bond donors (Lipinski definition) is 0.